The van der Waals surface area contributed by atoms with Gasteiger partial charge in [0.05, 0.1) is 18.5 Å². The lowest BCUT2D eigenvalue weighted by Crippen LogP contribution is -2.35. The molecular formula is C20H31N7O4. The summed E-state index contributed by atoms with van der Waals surface area (Å²) in [6.07, 6.45) is 5.46. The Kier molecular flexibility index (Phi) is 7.08. The molecule has 1 fully saturated rings. The second-order valence-corrected chi connectivity index (χ2v) is 8.59. The number of amides is 1. The minimum atomic E-state index is -0.609. The summed E-state index contributed by atoms with van der Waals surface area (Å²) in [5, 5.41) is 13.1. The van der Waals surface area contributed by atoms with Crippen LogP contribution in [0.5, 0.6) is 0 Å². The van der Waals surface area contributed by atoms with Crippen LogP contribution in [0.3, 0.4) is 0 Å². The van der Waals surface area contributed by atoms with Crippen LogP contribution >= 0.6 is 0 Å². The summed E-state index contributed by atoms with van der Waals surface area (Å²) in [5.74, 6) is 0.312. The standard InChI is InChI=1S/C20H31N7O4/c1-20(2,3)31-19(29)22-7-5-6-8-26(4)10-14-13(28)9-15(30-14)27-12-25-16-17(21)23-11-24-18(16)27/h5-6,11-15,28H,7-10H2,1-4H3,(H,22,29)(H2,21,23,24)/b6-5-/t13-,14+,15+/m0/s1. The van der Waals surface area contributed by atoms with Gasteiger partial charge in [0.1, 0.15) is 23.7 Å². The highest BCUT2D eigenvalue weighted by Crippen LogP contribution is 2.31. The zero-order chi connectivity index (χ0) is 22.6. The van der Waals surface area contributed by atoms with E-state index in [2.05, 4.69) is 20.3 Å². The van der Waals surface area contributed by atoms with Crippen molar-refractivity contribution in [2.75, 3.05) is 32.4 Å². The number of nitrogens with two attached hydrogens (primary N) is 1. The number of hydrogen-bond acceptors (Lipinski definition) is 9. The Morgan fingerprint density at radius 1 is 1.42 bits per heavy atom. The van der Waals surface area contributed by atoms with Gasteiger partial charge >= 0.3 is 6.09 Å². The van der Waals surface area contributed by atoms with Crippen LogP contribution in [-0.2, 0) is 9.47 Å². The van der Waals surface area contributed by atoms with Crippen LogP contribution in [0.25, 0.3) is 11.2 Å². The van der Waals surface area contributed by atoms with Gasteiger partial charge in [-0.3, -0.25) is 4.57 Å². The van der Waals surface area contributed by atoms with Crippen molar-refractivity contribution in [1.82, 2.24) is 29.7 Å². The van der Waals surface area contributed by atoms with Gasteiger partial charge in [0, 0.05) is 26.1 Å². The predicted molar refractivity (Wildman–Crippen MR) is 115 cm³/mol. The van der Waals surface area contributed by atoms with E-state index in [1.54, 1.807) is 10.9 Å². The lowest BCUT2D eigenvalue weighted by Gasteiger charge is -2.22. The van der Waals surface area contributed by atoms with Crippen LogP contribution in [-0.4, -0.2) is 80.1 Å². The number of likely N-dealkylation sites (N-methyl/N-ethyl adjacent to an activating group) is 1. The number of nitrogens with one attached hydrogen (secondary N) is 1. The summed E-state index contributed by atoms with van der Waals surface area (Å²) in [6.45, 7) is 7.03. The predicted octanol–water partition coefficient (Wildman–Crippen LogP) is 1.07. The minimum Gasteiger partial charge on any atom is -0.444 e. The van der Waals surface area contributed by atoms with Crippen molar-refractivity contribution in [2.24, 2.45) is 0 Å². The van der Waals surface area contributed by atoms with E-state index in [-0.39, 0.29) is 12.3 Å². The summed E-state index contributed by atoms with van der Waals surface area (Å²) < 4.78 is 13.0. The van der Waals surface area contributed by atoms with Gasteiger partial charge < -0.3 is 30.5 Å². The number of aliphatic hydroxyl groups is 1. The van der Waals surface area contributed by atoms with Crippen LogP contribution in [0.1, 0.15) is 33.4 Å². The van der Waals surface area contributed by atoms with Gasteiger partial charge in [-0.05, 0) is 27.8 Å². The van der Waals surface area contributed by atoms with Gasteiger partial charge in [-0.25, -0.2) is 19.7 Å². The molecular weight excluding hydrogens is 402 g/mol. The number of alkyl carbamates (subject to hydrolysis) is 1. The smallest absolute Gasteiger partial charge is 0.407 e. The molecule has 0 radical (unpaired) electrons. The molecule has 0 bridgehead atoms. The number of nitrogen functional groups attached to an aromatic ring is 1. The molecule has 0 aromatic carbocycles. The number of anilines is 1. The summed E-state index contributed by atoms with van der Waals surface area (Å²) in [7, 11) is 1.94. The van der Waals surface area contributed by atoms with E-state index in [0.29, 0.717) is 43.0 Å². The second-order valence-electron chi connectivity index (χ2n) is 8.59. The molecule has 11 nitrogen and oxygen atoms in total. The molecule has 31 heavy (non-hydrogen) atoms. The maximum atomic E-state index is 11.6. The van der Waals surface area contributed by atoms with Crippen LogP contribution < -0.4 is 11.1 Å². The fraction of sp³-hybridized carbons (Fsp3) is 0.600. The third-order valence-electron chi connectivity index (χ3n) is 4.74. The van der Waals surface area contributed by atoms with E-state index in [1.165, 1.54) is 6.33 Å². The monoisotopic (exact) mass is 433 g/mol. The number of nitrogens with zero attached hydrogens (tertiary/aromatic N) is 5. The Balaban J connectivity index is 1.46. The molecule has 2 aromatic rings. The molecule has 1 aliphatic heterocycles. The first-order valence-electron chi connectivity index (χ1n) is 10.2. The minimum absolute atomic E-state index is 0.312. The first kappa shape index (κ1) is 22.9. The highest BCUT2D eigenvalue weighted by Gasteiger charge is 2.36. The molecule has 3 rings (SSSR count). The number of fused-ring (bicyclic) bond motifs is 1. The molecule has 0 unspecified atom stereocenters. The number of carbonyl (C=O) groups is 1. The average Bonchev–Trinajstić information content (AvgIpc) is 3.24. The van der Waals surface area contributed by atoms with Crippen molar-refractivity contribution < 1.29 is 19.4 Å². The maximum Gasteiger partial charge on any atom is 0.407 e. The Morgan fingerprint density at radius 2 is 2.19 bits per heavy atom. The molecule has 170 valence electrons. The van der Waals surface area contributed by atoms with Crippen molar-refractivity contribution in [1.29, 1.82) is 0 Å². The molecule has 2 aromatic heterocycles. The van der Waals surface area contributed by atoms with E-state index < -0.39 is 17.8 Å². The third-order valence-corrected chi connectivity index (χ3v) is 4.74. The normalized spacial score (nSPS) is 21.9. The SMILES string of the molecule is CN(C/C=C\CNC(=O)OC(C)(C)C)C[C@H]1O[C@@H](n2cnc3c(N)ncnc32)C[C@@H]1O. The van der Waals surface area contributed by atoms with E-state index >= 15 is 0 Å². The lowest BCUT2D eigenvalue weighted by atomic mass is 10.1. The first-order chi connectivity index (χ1) is 14.6. The number of aliphatic hydroxyl groups excluding tert-OH is 1. The Labute approximate surface area is 181 Å². The average molecular weight is 434 g/mol. The molecule has 0 saturated carbocycles. The van der Waals surface area contributed by atoms with Crippen LogP contribution in [0.15, 0.2) is 24.8 Å². The zero-order valence-electron chi connectivity index (χ0n) is 18.4. The first-order valence-corrected chi connectivity index (χ1v) is 10.2. The fourth-order valence-electron chi connectivity index (χ4n) is 3.31. The Hall–Kier alpha value is -2.76. The topological polar surface area (TPSA) is 141 Å². The number of aromatic nitrogens is 4. The molecule has 1 amide bonds. The summed E-state index contributed by atoms with van der Waals surface area (Å²) in [4.78, 5) is 26.1. The zero-order valence-corrected chi connectivity index (χ0v) is 18.4. The number of carbonyl (C=O) groups excluding carboxylic acids is 1. The molecule has 11 heteroatoms. The number of ether oxygens (including phenoxy) is 2. The third kappa shape index (κ3) is 6.12. The molecule has 4 N–H and O–H groups in total. The molecule has 1 aliphatic rings. The Bertz CT molecular complexity index is 924. The maximum absolute atomic E-state index is 11.6. The molecule has 0 spiro atoms. The lowest BCUT2D eigenvalue weighted by molar-refractivity contribution is -0.0290. The largest absolute Gasteiger partial charge is 0.444 e. The number of rotatable bonds is 7. The van der Waals surface area contributed by atoms with Crippen LogP contribution in [0.2, 0.25) is 0 Å². The van der Waals surface area contributed by atoms with Gasteiger partial charge in [0.15, 0.2) is 11.5 Å². The number of imidazole rings is 1. The van der Waals surface area contributed by atoms with Gasteiger partial charge in [-0.15, -0.1) is 0 Å². The second kappa shape index (κ2) is 9.58. The van der Waals surface area contributed by atoms with Crippen molar-refractivity contribution in [3.05, 3.63) is 24.8 Å². The van der Waals surface area contributed by atoms with Crippen molar-refractivity contribution in [3.8, 4) is 0 Å². The van der Waals surface area contributed by atoms with Crippen LogP contribution in [0.4, 0.5) is 10.6 Å². The Morgan fingerprint density at radius 3 is 2.94 bits per heavy atom. The summed E-state index contributed by atoms with van der Waals surface area (Å²) >= 11 is 0. The van der Waals surface area contributed by atoms with Gasteiger partial charge in [0.25, 0.3) is 0 Å². The molecule has 3 atom stereocenters. The van der Waals surface area contributed by atoms with Crippen molar-refractivity contribution >= 4 is 23.1 Å². The van der Waals surface area contributed by atoms with Gasteiger partial charge in [0.2, 0.25) is 0 Å². The molecule has 1 saturated heterocycles. The number of hydrogen-bond donors (Lipinski definition) is 3. The molecule has 3 heterocycles. The highest BCUT2D eigenvalue weighted by atomic mass is 16.6. The van der Waals surface area contributed by atoms with E-state index in [1.807, 2.05) is 44.9 Å². The van der Waals surface area contributed by atoms with Gasteiger partial charge in [-0.2, -0.15) is 0 Å². The fourth-order valence-corrected chi connectivity index (χ4v) is 3.31. The highest BCUT2D eigenvalue weighted by molar-refractivity contribution is 5.81. The van der Waals surface area contributed by atoms with E-state index in [4.69, 9.17) is 15.2 Å². The van der Waals surface area contributed by atoms with Gasteiger partial charge in [-0.1, -0.05) is 12.2 Å². The quantitative estimate of drug-likeness (QED) is 0.547. The van der Waals surface area contributed by atoms with E-state index in [9.17, 15) is 9.90 Å². The summed E-state index contributed by atoms with van der Waals surface area (Å²) in [5.41, 5.74) is 6.42. The van der Waals surface area contributed by atoms with Crippen molar-refractivity contribution in [2.45, 2.75) is 51.2 Å². The molecule has 0 aliphatic carbocycles. The van der Waals surface area contributed by atoms with Crippen LogP contribution in [0, 0.1) is 0 Å². The summed E-state index contributed by atoms with van der Waals surface area (Å²) in [6, 6.07) is 0. The van der Waals surface area contributed by atoms with Crippen molar-refractivity contribution in [3.63, 3.8) is 0 Å². The van der Waals surface area contributed by atoms with E-state index in [0.717, 1.165) is 0 Å².